The van der Waals surface area contributed by atoms with Gasteiger partial charge in [0.15, 0.2) is 5.78 Å². The summed E-state index contributed by atoms with van der Waals surface area (Å²) < 4.78 is 6.69. The Bertz CT molecular complexity index is 1510. The van der Waals surface area contributed by atoms with Gasteiger partial charge in [-0.2, -0.15) is 0 Å². The van der Waals surface area contributed by atoms with Gasteiger partial charge in [0, 0.05) is 23.1 Å². The average molecular weight is 622 g/mol. The van der Waals surface area contributed by atoms with Crippen molar-refractivity contribution in [3.05, 3.63) is 82.4 Å². The first kappa shape index (κ1) is 30.4. The maximum absolute atomic E-state index is 14.2. The highest BCUT2D eigenvalue weighted by Crippen LogP contribution is 2.64. The van der Waals surface area contributed by atoms with E-state index in [0.717, 1.165) is 73.1 Å². The highest BCUT2D eigenvalue weighted by atomic mass is 16.6. The molecule has 1 N–H and O–H groups in total. The predicted octanol–water partition coefficient (Wildman–Crippen LogP) is 8.63. The average Bonchev–Trinajstić information content (AvgIpc) is 3.48. The SMILES string of the molecule is CC1=CCC[C@@]2(C)[C@@H](CC[C@@]23CN(CC24CC5CC(CC(C5)C2)C4)C(=O)O3)c2ccc(cc2C(=O)c2ccccc2)C[C@@H](O)CC1. The number of hydrogen-bond acceptors (Lipinski definition) is 4. The summed E-state index contributed by atoms with van der Waals surface area (Å²) in [5, 5.41) is 10.9. The van der Waals surface area contributed by atoms with Crippen LogP contribution < -0.4 is 0 Å². The molecule has 8 aliphatic rings. The first-order valence-corrected chi connectivity index (χ1v) is 18.2. The second-order valence-electron chi connectivity index (χ2n) is 16.7. The minimum absolute atomic E-state index is 0.0323. The number of amides is 1. The predicted molar refractivity (Wildman–Crippen MR) is 180 cm³/mol. The monoisotopic (exact) mass is 621 g/mol. The van der Waals surface area contributed by atoms with Gasteiger partial charge in [-0.05, 0) is 137 Å². The molecule has 7 aliphatic carbocycles. The molecule has 4 atom stereocenters. The summed E-state index contributed by atoms with van der Waals surface area (Å²) >= 11 is 0. The molecule has 0 radical (unpaired) electrons. The zero-order valence-corrected chi connectivity index (χ0v) is 27.8. The third-order valence-corrected chi connectivity index (χ3v) is 13.6. The molecule has 6 bridgehead atoms. The van der Waals surface area contributed by atoms with E-state index in [1.54, 1.807) is 0 Å². The number of fused-ring (bicyclic) bond motifs is 8. The lowest BCUT2D eigenvalue weighted by atomic mass is 9.49. The fraction of sp³-hybridized carbons (Fsp3) is 0.610. The Labute approximate surface area is 274 Å². The number of aliphatic hydroxyl groups excluding tert-OH is 1. The Kier molecular flexibility index (Phi) is 7.51. The summed E-state index contributed by atoms with van der Waals surface area (Å²) in [6.45, 7) is 6.05. The molecule has 244 valence electrons. The van der Waals surface area contributed by atoms with Crippen LogP contribution in [0.1, 0.15) is 124 Å². The first-order valence-electron chi connectivity index (χ1n) is 18.2. The summed E-state index contributed by atoms with van der Waals surface area (Å²) in [5.41, 5.74) is 4.18. The minimum atomic E-state index is -0.572. The Balaban J connectivity index is 1.16. The molecule has 6 fully saturated rings. The fourth-order valence-electron chi connectivity index (χ4n) is 11.7. The minimum Gasteiger partial charge on any atom is -0.440 e. The fourth-order valence-corrected chi connectivity index (χ4v) is 11.7. The van der Waals surface area contributed by atoms with Gasteiger partial charge in [0.05, 0.1) is 12.6 Å². The van der Waals surface area contributed by atoms with Crippen LogP contribution in [-0.4, -0.2) is 46.7 Å². The lowest BCUT2D eigenvalue weighted by molar-refractivity contribution is -0.0641. The van der Waals surface area contributed by atoms with E-state index >= 15 is 0 Å². The molecule has 0 aromatic heterocycles. The molecule has 46 heavy (non-hydrogen) atoms. The van der Waals surface area contributed by atoms with Crippen LogP contribution in [0.2, 0.25) is 0 Å². The smallest absolute Gasteiger partial charge is 0.410 e. The number of hydrogen-bond donors (Lipinski definition) is 1. The lowest BCUT2D eigenvalue weighted by Gasteiger charge is -2.57. The van der Waals surface area contributed by atoms with Crippen LogP contribution in [0.4, 0.5) is 4.79 Å². The Morgan fingerprint density at radius 3 is 2.41 bits per heavy atom. The number of carbonyl (C=O) groups is 2. The maximum Gasteiger partial charge on any atom is 0.410 e. The van der Waals surface area contributed by atoms with Crippen molar-refractivity contribution in [2.75, 3.05) is 13.1 Å². The van der Waals surface area contributed by atoms with Crippen LogP contribution in [0.25, 0.3) is 0 Å². The number of nitrogens with zero attached hydrogens (tertiary/aromatic N) is 1. The zero-order chi connectivity index (χ0) is 31.7. The van der Waals surface area contributed by atoms with Crippen LogP contribution in [0.3, 0.4) is 0 Å². The van der Waals surface area contributed by atoms with Crippen LogP contribution in [0.5, 0.6) is 0 Å². The summed E-state index contributed by atoms with van der Waals surface area (Å²) in [6, 6.07) is 15.9. The summed E-state index contributed by atoms with van der Waals surface area (Å²) in [6.07, 6.45) is 15.4. The van der Waals surface area contributed by atoms with Crippen molar-refractivity contribution in [2.24, 2.45) is 28.6 Å². The number of carbonyl (C=O) groups excluding carboxylic acids is 2. The van der Waals surface area contributed by atoms with Gasteiger partial charge in [-0.15, -0.1) is 0 Å². The Hall–Kier alpha value is -2.92. The van der Waals surface area contributed by atoms with Gasteiger partial charge in [-0.3, -0.25) is 4.79 Å². The molecular weight excluding hydrogens is 570 g/mol. The van der Waals surface area contributed by atoms with E-state index in [9.17, 15) is 14.7 Å². The van der Waals surface area contributed by atoms with E-state index in [2.05, 4.69) is 37.0 Å². The molecule has 0 unspecified atom stereocenters. The van der Waals surface area contributed by atoms with Gasteiger partial charge < -0.3 is 14.7 Å². The molecule has 1 aliphatic heterocycles. The molecule has 1 amide bonds. The van der Waals surface area contributed by atoms with E-state index in [-0.39, 0.29) is 28.6 Å². The van der Waals surface area contributed by atoms with E-state index in [1.807, 2.05) is 36.4 Å². The Morgan fingerprint density at radius 1 is 0.978 bits per heavy atom. The van der Waals surface area contributed by atoms with E-state index in [4.69, 9.17) is 4.74 Å². The lowest BCUT2D eigenvalue weighted by Crippen LogP contribution is -2.52. The molecule has 5 nitrogen and oxygen atoms in total. The molecular formula is C41H51NO4. The van der Waals surface area contributed by atoms with Crippen LogP contribution in [0, 0.1) is 28.6 Å². The molecule has 2 aromatic rings. The van der Waals surface area contributed by atoms with E-state index in [0.29, 0.717) is 24.9 Å². The molecule has 5 saturated carbocycles. The summed E-state index contributed by atoms with van der Waals surface area (Å²) in [5.74, 6) is 2.67. The second kappa shape index (κ2) is 11.4. The van der Waals surface area contributed by atoms with E-state index < -0.39 is 11.7 Å². The van der Waals surface area contributed by atoms with Crippen molar-refractivity contribution in [1.29, 1.82) is 0 Å². The number of ketones is 1. The zero-order valence-electron chi connectivity index (χ0n) is 27.8. The molecule has 5 heteroatoms. The standard InChI is InChI=1S/C41H51NO4/c1-27-7-6-15-39(2)36(34-13-11-28(20-33(43)12-10-27)21-35(34)37(44)32-8-4-3-5-9-32)14-16-41(39)26-42(38(45)46-41)25-40-22-29-17-30(23-40)19-31(18-29)24-40/h3-5,7-9,11,13,21,29-31,33,36,43H,6,10,12,14-20,22-26H2,1-2H3/t29?,30?,31?,33-,36-,39-,40?,41+/m0/s1. The number of rotatable bonds is 4. The first-order chi connectivity index (χ1) is 22.1. The quantitative estimate of drug-likeness (QED) is 0.274. The summed E-state index contributed by atoms with van der Waals surface area (Å²) in [7, 11) is 0. The van der Waals surface area contributed by atoms with Crippen molar-refractivity contribution in [3.63, 3.8) is 0 Å². The van der Waals surface area contributed by atoms with Crippen LogP contribution >= 0.6 is 0 Å². The van der Waals surface area contributed by atoms with Gasteiger partial charge in [0.1, 0.15) is 5.60 Å². The van der Waals surface area contributed by atoms with Crippen molar-refractivity contribution in [1.82, 2.24) is 4.90 Å². The van der Waals surface area contributed by atoms with Crippen LogP contribution in [-0.2, 0) is 11.2 Å². The molecule has 1 spiro atoms. The van der Waals surface area contributed by atoms with Crippen molar-refractivity contribution in [2.45, 2.75) is 115 Å². The number of aliphatic hydroxyl groups is 1. The van der Waals surface area contributed by atoms with Crippen molar-refractivity contribution < 1.29 is 19.4 Å². The van der Waals surface area contributed by atoms with Gasteiger partial charge in [-0.1, -0.05) is 61.0 Å². The largest absolute Gasteiger partial charge is 0.440 e. The number of benzene rings is 2. The third-order valence-electron chi connectivity index (χ3n) is 13.6. The molecule has 2 aromatic carbocycles. The topological polar surface area (TPSA) is 66.8 Å². The second-order valence-corrected chi connectivity index (χ2v) is 16.7. The molecule has 1 saturated heterocycles. The van der Waals surface area contributed by atoms with Crippen molar-refractivity contribution in [3.8, 4) is 0 Å². The molecule has 10 rings (SSSR count). The highest BCUT2D eigenvalue weighted by molar-refractivity contribution is 6.10. The third kappa shape index (κ3) is 5.16. The van der Waals surface area contributed by atoms with Crippen molar-refractivity contribution >= 4 is 11.9 Å². The van der Waals surface area contributed by atoms with Crippen LogP contribution in [0.15, 0.2) is 60.2 Å². The highest BCUT2D eigenvalue weighted by Gasteiger charge is 2.65. The van der Waals surface area contributed by atoms with Gasteiger partial charge >= 0.3 is 6.09 Å². The maximum atomic E-state index is 14.2. The molecule has 1 heterocycles. The number of ether oxygens (including phenoxy) is 1. The van der Waals surface area contributed by atoms with Gasteiger partial charge in [-0.25, -0.2) is 4.79 Å². The van der Waals surface area contributed by atoms with Gasteiger partial charge in [0.25, 0.3) is 0 Å². The summed E-state index contributed by atoms with van der Waals surface area (Å²) in [4.78, 5) is 30.2. The van der Waals surface area contributed by atoms with E-state index in [1.165, 1.54) is 44.1 Å². The Morgan fingerprint density at radius 2 is 1.70 bits per heavy atom. The normalized spacial score (nSPS) is 38.5. The van der Waals surface area contributed by atoms with Gasteiger partial charge in [0.2, 0.25) is 0 Å². The number of allylic oxidation sites excluding steroid dienone is 2.